The monoisotopic (exact) mass is 537 g/mol. The molecule has 0 aromatic heterocycles. The van der Waals surface area contributed by atoms with Crippen molar-refractivity contribution in [1.29, 1.82) is 0 Å². The van der Waals surface area contributed by atoms with Crippen LogP contribution in [0.3, 0.4) is 0 Å². The van der Waals surface area contributed by atoms with Gasteiger partial charge in [0.15, 0.2) is 0 Å². The van der Waals surface area contributed by atoms with Crippen molar-refractivity contribution in [3.63, 3.8) is 0 Å². The van der Waals surface area contributed by atoms with Crippen molar-refractivity contribution >= 4 is 11.7 Å². The van der Waals surface area contributed by atoms with Gasteiger partial charge < -0.3 is 14.7 Å². The van der Waals surface area contributed by atoms with E-state index in [-0.39, 0.29) is 36.1 Å². The van der Waals surface area contributed by atoms with Crippen LogP contribution in [0.25, 0.3) is 0 Å². The summed E-state index contributed by atoms with van der Waals surface area (Å²) in [6.45, 7) is 4.69. The van der Waals surface area contributed by atoms with Gasteiger partial charge >= 0.3 is 18.3 Å². The van der Waals surface area contributed by atoms with Crippen LogP contribution in [0.4, 0.5) is 32.0 Å². The molecule has 202 valence electrons. The summed E-state index contributed by atoms with van der Waals surface area (Å²) in [7, 11) is 0. The average molecular weight is 538 g/mol. The van der Waals surface area contributed by atoms with E-state index in [2.05, 4.69) is 0 Å². The topological polar surface area (TPSA) is 49.8 Å². The zero-order valence-corrected chi connectivity index (χ0v) is 20.7. The Kier molecular flexibility index (Phi) is 8.44. The first-order valence-electron chi connectivity index (χ1n) is 11.4. The highest BCUT2D eigenvalue weighted by Crippen LogP contribution is 2.37. The normalized spacial score (nSPS) is 11.7. The molecule has 0 fully saturated rings. The number of hydrogen-bond donors (Lipinski definition) is 1. The standard InChI is InChI=1S/C28H25F6NO3/c1-17(2)24(16-38-25-11-7-5-9-22(25)26(36)37)35(23-10-6-4-8-18(23)3)15-19-12-20(27(29,30)31)14-21(13-19)28(32,33)34/h4-14H,15-16H2,1-3H3,(H,36,37). The van der Waals surface area contributed by atoms with Gasteiger partial charge in [0, 0.05) is 12.2 Å². The van der Waals surface area contributed by atoms with Crippen molar-refractivity contribution in [3.8, 4) is 5.75 Å². The van der Waals surface area contributed by atoms with Crippen LogP contribution in [0.1, 0.15) is 46.5 Å². The number of anilines is 1. The number of nitrogens with zero attached hydrogens (tertiary/aromatic N) is 1. The second-order valence-corrected chi connectivity index (χ2v) is 8.82. The Labute approximate surface area is 215 Å². The highest BCUT2D eigenvalue weighted by atomic mass is 19.4. The Morgan fingerprint density at radius 2 is 1.42 bits per heavy atom. The summed E-state index contributed by atoms with van der Waals surface area (Å²) >= 11 is 0. The maximum absolute atomic E-state index is 13.5. The number of hydrogen-bond acceptors (Lipinski definition) is 3. The first kappa shape index (κ1) is 28.6. The number of carboxylic acids is 1. The molecule has 0 atom stereocenters. The second kappa shape index (κ2) is 11.2. The molecule has 0 amide bonds. The first-order chi connectivity index (χ1) is 17.7. The molecular weight excluding hydrogens is 512 g/mol. The molecule has 4 nitrogen and oxygen atoms in total. The van der Waals surface area contributed by atoms with Gasteiger partial charge in [-0.25, -0.2) is 4.79 Å². The number of aryl methyl sites for hydroxylation is 1. The van der Waals surface area contributed by atoms with Gasteiger partial charge in [0.05, 0.1) is 16.8 Å². The minimum Gasteiger partial charge on any atom is -0.486 e. The molecule has 0 spiro atoms. The fraction of sp³-hybridized carbons (Fsp3) is 0.250. The maximum Gasteiger partial charge on any atom is 0.416 e. The van der Waals surface area contributed by atoms with Gasteiger partial charge in [-0.05, 0) is 68.3 Å². The lowest BCUT2D eigenvalue weighted by Crippen LogP contribution is -2.28. The van der Waals surface area contributed by atoms with Crippen molar-refractivity contribution in [3.05, 3.63) is 106 Å². The van der Waals surface area contributed by atoms with Crippen LogP contribution in [0, 0.1) is 6.92 Å². The number of carbonyl (C=O) groups is 1. The predicted octanol–water partition coefficient (Wildman–Crippen LogP) is 8.11. The van der Waals surface area contributed by atoms with E-state index in [1.807, 2.05) is 0 Å². The molecule has 0 heterocycles. The van der Waals surface area contributed by atoms with Crippen LogP contribution in [0.15, 0.2) is 78.0 Å². The molecule has 3 aromatic carbocycles. The molecule has 10 heteroatoms. The summed E-state index contributed by atoms with van der Waals surface area (Å²) in [5.74, 6) is -1.14. The number of para-hydroxylation sites is 2. The Balaban J connectivity index is 2.10. The van der Waals surface area contributed by atoms with Crippen molar-refractivity contribution in [2.45, 2.75) is 39.7 Å². The number of alkyl halides is 6. The fourth-order valence-corrected chi connectivity index (χ4v) is 3.89. The van der Waals surface area contributed by atoms with E-state index < -0.39 is 29.4 Å². The molecule has 0 aliphatic heterocycles. The van der Waals surface area contributed by atoms with Crippen molar-refractivity contribution in [2.75, 3.05) is 11.5 Å². The smallest absolute Gasteiger partial charge is 0.416 e. The zero-order valence-electron chi connectivity index (χ0n) is 20.7. The van der Waals surface area contributed by atoms with E-state index in [1.165, 1.54) is 18.2 Å². The summed E-state index contributed by atoms with van der Waals surface area (Å²) in [5, 5.41) is 9.46. The van der Waals surface area contributed by atoms with Crippen LogP contribution >= 0.6 is 0 Å². The maximum atomic E-state index is 13.5. The Morgan fingerprint density at radius 1 is 0.868 bits per heavy atom. The van der Waals surface area contributed by atoms with Gasteiger partial charge in [0.2, 0.25) is 0 Å². The van der Waals surface area contributed by atoms with E-state index in [1.54, 1.807) is 56.0 Å². The number of benzene rings is 3. The van der Waals surface area contributed by atoms with Gasteiger partial charge in [0.25, 0.3) is 0 Å². The zero-order chi connectivity index (χ0) is 28.3. The van der Waals surface area contributed by atoms with Crippen LogP contribution < -0.4 is 9.64 Å². The van der Waals surface area contributed by atoms with Crippen molar-refractivity contribution in [2.24, 2.45) is 0 Å². The summed E-state index contributed by atoms with van der Waals surface area (Å²) in [5.41, 5.74) is -0.717. The average Bonchev–Trinajstić information content (AvgIpc) is 2.82. The number of ether oxygens (including phenoxy) is 1. The summed E-state index contributed by atoms with van der Waals surface area (Å²) in [6, 6.07) is 14.3. The number of halogens is 6. The quantitative estimate of drug-likeness (QED) is 0.295. The SMILES string of the molecule is CC(C)=C(COc1ccccc1C(=O)O)N(Cc1cc(C(F)(F)F)cc(C(F)(F)F)c1)c1ccccc1C. The number of aromatic carboxylic acids is 1. The minimum atomic E-state index is -4.98. The van der Waals surface area contributed by atoms with Crippen LogP contribution in [0.2, 0.25) is 0 Å². The lowest BCUT2D eigenvalue weighted by atomic mass is 10.0. The Bertz CT molecular complexity index is 1310. The summed E-state index contributed by atoms with van der Waals surface area (Å²) in [6.07, 6.45) is -9.96. The van der Waals surface area contributed by atoms with Gasteiger partial charge in [-0.1, -0.05) is 35.9 Å². The molecular formula is C28H25F6NO3. The molecule has 3 rings (SSSR count). The number of rotatable bonds is 8. The Morgan fingerprint density at radius 3 is 1.95 bits per heavy atom. The molecule has 0 saturated heterocycles. The van der Waals surface area contributed by atoms with Gasteiger partial charge in [0.1, 0.15) is 17.9 Å². The molecule has 0 aliphatic carbocycles. The molecule has 0 saturated carbocycles. The Hall–Kier alpha value is -3.95. The molecule has 0 bridgehead atoms. The highest BCUT2D eigenvalue weighted by molar-refractivity contribution is 5.90. The fourth-order valence-electron chi connectivity index (χ4n) is 3.89. The largest absolute Gasteiger partial charge is 0.486 e. The third-order valence-corrected chi connectivity index (χ3v) is 5.78. The summed E-state index contributed by atoms with van der Waals surface area (Å²) < 4.78 is 86.8. The molecule has 3 aromatic rings. The third-order valence-electron chi connectivity index (χ3n) is 5.78. The lowest BCUT2D eigenvalue weighted by molar-refractivity contribution is -0.143. The van der Waals surface area contributed by atoms with E-state index in [0.717, 1.165) is 5.56 Å². The number of allylic oxidation sites excluding steroid dienone is 1. The predicted molar refractivity (Wildman–Crippen MR) is 131 cm³/mol. The molecule has 0 aliphatic rings. The van der Waals surface area contributed by atoms with E-state index in [4.69, 9.17) is 4.74 Å². The highest BCUT2D eigenvalue weighted by Gasteiger charge is 2.37. The third kappa shape index (κ3) is 6.87. The first-order valence-corrected chi connectivity index (χ1v) is 11.4. The van der Waals surface area contributed by atoms with Crippen molar-refractivity contribution in [1.82, 2.24) is 0 Å². The van der Waals surface area contributed by atoms with E-state index in [9.17, 15) is 36.2 Å². The van der Waals surface area contributed by atoms with Gasteiger partial charge in [-0.15, -0.1) is 0 Å². The molecule has 0 unspecified atom stereocenters. The van der Waals surface area contributed by atoms with Crippen LogP contribution in [0.5, 0.6) is 5.75 Å². The van der Waals surface area contributed by atoms with Crippen LogP contribution in [-0.4, -0.2) is 17.7 Å². The van der Waals surface area contributed by atoms with Gasteiger partial charge in [-0.2, -0.15) is 26.3 Å². The van der Waals surface area contributed by atoms with E-state index >= 15 is 0 Å². The molecule has 38 heavy (non-hydrogen) atoms. The van der Waals surface area contributed by atoms with Crippen LogP contribution in [-0.2, 0) is 18.9 Å². The molecule has 1 N–H and O–H groups in total. The molecule has 0 radical (unpaired) electrons. The van der Waals surface area contributed by atoms with Gasteiger partial charge in [-0.3, -0.25) is 0 Å². The van der Waals surface area contributed by atoms with E-state index in [0.29, 0.717) is 29.1 Å². The minimum absolute atomic E-state index is 0.0712. The lowest BCUT2D eigenvalue weighted by Gasteiger charge is -2.31. The number of carboxylic acid groups (broad SMARTS) is 1. The van der Waals surface area contributed by atoms with Crippen molar-refractivity contribution < 1.29 is 41.0 Å². The second-order valence-electron chi connectivity index (χ2n) is 8.82. The summed E-state index contributed by atoms with van der Waals surface area (Å²) in [4.78, 5) is 13.2.